The van der Waals surface area contributed by atoms with E-state index in [-0.39, 0.29) is 5.57 Å². The Morgan fingerprint density at radius 1 is 1.24 bits per heavy atom. The number of carbonyl (C=O) groups is 1. The Balaban J connectivity index is 2.11. The topological polar surface area (TPSA) is 71.8 Å². The standard InChI is InChI=1S/C19H13Cl2N3O/c20-15-6-5-12(17(21)8-15)10-24-11-14(7-13(9-22)19(23)25)16-3-1-2-4-18(16)24/h1-8,11H,10H2,(H2,23,25). The lowest BCUT2D eigenvalue weighted by Crippen LogP contribution is -2.12. The van der Waals surface area contributed by atoms with Crippen LogP contribution in [0.4, 0.5) is 0 Å². The predicted molar refractivity (Wildman–Crippen MR) is 100 cm³/mol. The molecule has 3 aromatic rings. The van der Waals surface area contributed by atoms with E-state index in [1.165, 1.54) is 6.08 Å². The van der Waals surface area contributed by atoms with Gasteiger partial charge in [0.25, 0.3) is 5.91 Å². The van der Waals surface area contributed by atoms with Gasteiger partial charge in [-0.05, 0) is 29.8 Å². The zero-order valence-corrected chi connectivity index (χ0v) is 14.6. The predicted octanol–water partition coefficient (Wildman–Crippen LogP) is 4.39. The van der Waals surface area contributed by atoms with Gasteiger partial charge in [0.2, 0.25) is 0 Å². The number of fused-ring (bicyclic) bond motifs is 1. The number of amides is 1. The summed E-state index contributed by atoms with van der Waals surface area (Å²) >= 11 is 12.2. The molecule has 0 fully saturated rings. The van der Waals surface area contributed by atoms with Crippen molar-refractivity contribution in [3.63, 3.8) is 0 Å². The maximum Gasteiger partial charge on any atom is 0.259 e. The van der Waals surface area contributed by atoms with Gasteiger partial charge in [0.15, 0.2) is 0 Å². The van der Waals surface area contributed by atoms with Gasteiger partial charge in [-0.15, -0.1) is 0 Å². The van der Waals surface area contributed by atoms with E-state index < -0.39 is 5.91 Å². The highest BCUT2D eigenvalue weighted by molar-refractivity contribution is 6.35. The summed E-state index contributed by atoms with van der Waals surface area (Å²) in [6.07, 6.45) is 3.38. The van der Waals surface area contributed by atoms with Crippen LogP contribution in [0.25, 0.3) is 17.0 Å². The van der Waals surface area contributed by atoms with E-state index in [4.69, 9.17) is 34.2 Å². The SMILES string of the molecule is N#CC(=Cc1cn(Cc2ccc(Cl)cc2Cl)c2ccccc12)C(N)=O. The molecule has 124 valence electrons. The average molecular weight is 370 g/mol. The first-order valence-corrected chi connectivity index (χ1v) is 8.18. The molecule has 2 aromatic carbocycles. The summed E-state index contributed by atoms with van der Waals surface area (Å²) in [7, 11) is 0. The quantitative estimate of drug-likeness (QED) is 0.547. The molecule has 25 heavy (non-hydrogen) atoms. The lowest BCUT2D eigenvalue weighted by Gasteiger charge is -2.08. The van der Waals surface area contributed by atoms with Gasteiger partial charge < -0.3 is 10.3 Å². The molecule has 0 saturated carbocycles. The summed E-state index contributed by atoms with van der Waals surface area (Å²) in [4.78, 5) is 11.3. The lowest BCUT2D eigenvalue weighted by atomic mass is 10.1. The van der Waals surface area contributed by atoms with Gasteiger partial charge in [0.05, 0.1) is 0 Å². The lowest BCUT2D eigenvalue weighted by molar-refractivity contribution is -0.114. The summed E-state index contributed by atoms with van der Waals surface area (Å²) < 4.78 is 2.01. The Labute approximate surface area is 154 Å². The number of para-hydroxylation sites is 1. The van der Waals surface area contributed by atoms with Crippen molar-refractivity contribution in [3.05, 3.63) is 75.4 Å². The minimum atomic E-state index is -0.750. The van der Waals surface area contributed by atoms with Gasteiger partial charge in [-0.3, -0.25) is 4.79 Å². The average Bonchev–Trinajstić information content (AvgIpc) is 2.93. The second kappa shape index (κ2) is 7.02. The highest BCUT2D eigenvalue weighted by Gasteiger charge is 2.11. The Kier molecular flexibility index (Phi) is 4.80. The van der Waals surface area contributed by atoms with E-state index in [0.29, 0.717) is 16.6 Å². The van der Waals surface area contributed by atoms with Crippen LogP contribution in [0.2, 0.25) is 10.0 Å². The molecule has 2 N–H and O–H groups in total. The van der Waals surface area contributed by atoms with Crippen LogP contribution in [0.15, 0.2) is 54.2 Å². The van der Waals surface area contributed by atoms with E-state index >= 15 is 0 Å². The number of aromatic nitrogens is 1. The summed E-state index contributed by atoms with van der Waals surface area (Å²) in [5.41, 5.74) is 7.77. The molecule has 0 atom stereocenters. The Hall–Kier alpha value is -2.74. The van der Waals surface area contributed by atoms with Crippen molar-refractivity contribution >= 4 is 46.1 Å². The third-order valence-corrected chi connectivity index (χ3v) is 4.45. The number of primary amides is 1. The molecule has 0 aliphatic rings. The fourth-order valence-electron chi connectivity index (χ4n) is 2.67. The van der Waals surface area contributed by atoms with Crippen LogP contribution in [0.1, 0.15) is 11.1 Å². The van der Waals surface area contributed by atoms with Crippen LogP contribution in [0.5, 0.6) is 0 Å². The normalized spacial score (nSPS) is 11.5. The van der Waals surface area contributed by atoms with Gasteiger partial charge in [-0.2, -0.15) is 5.26 Å². The third kappa shape index (κ3) is 3.53. The fraction of sp³-hybridized carbons (Fsp3) is 0.0526. The van der Waals surface area contributed by atoms with Crippen molar-refractivity contribution < 1.29 is 4.79 Å². The van der Waals surface area contributed by atoms with Gasteiger partial charge in [-0.25, -0.2) is 0 Å². The number of nitrogens with zero attached hydrogens (tertiary/aromatic N) is 2. The second-order valence-corrected chi connectivity index (χ2v) is 6.34. The van der Waals surface area contributed by atoms with Crippen LogP contribution in [0, 0.1) is 11.3 Å². The van der Waals surface area contributed by atoms with Crippen LogP contribution in [-0.4, -0.2) is 10.5 Å². The molecule has 0 bridgehead atoms. The van der Waals surface area contributed by atoms with Crippen molar-refractivity contribution in [2.24, 2.45) is 5.73 Å². The molecule has 0 unspecified atom stereocenters. The molecule has 1 heterocycles. The van der Waals surface area contributed by atoms with Crippen molar-refractivity contribution in [2.75, 3.05) is 0 Å². The molecular weight excluding hydrogens is 357 g/mol. The second-order valence-electron chi connectivity index (χ2n) is 5.50. The zero-order chi connectivity index (χ0) is 18.0. The van der Waals surface area contributed by atoms with Crippen molar-refractivity contribution in [1.82, 2.24) is 4.57 Å². The smallest absolute Gasteiger partial charge is 0.259 e. The number of hydrogen-bond donors (Lipinski definition) is 1. The van der Waals surface area contributed by atoms with Gasteiger partial charge in [0.1, 0.15) is 11.6 Å². The molecule has 0 aliphatic carbocycles. The van der Waals surface area contributed by atoms with Crippen molar-refractivity contribution in [1.29, 1.82) is 5.26 Å². The molecule has 1 aromatic heterocycles. The first kappa shape index (κ1) is 17.1. The Bertz CT molecular complexity index is 1040. The van der Waals surface area contributed by atoms with Crippen LogP contribution in [0.3, 0.4) is 0 Å². The Morgan fingerprint density at radius 3 is 2.68 bits per heavy atom. The van der Waals surface area contributed by atoms with E-state index in [2.05, 4.69) is 0 Å². The summed E-state index contributed by atoms with van der Waals surface area (Å²) in [6.45, 7) is 0.531. The van der Waals surface area contributed by atoms with Gasteiger partial charge in [-0.1, -0.05) is 47.5 Å². The highest BCUT2D eigenvalue weighted by Crippen LogP contribution is 2.27. The molecule has 4 nitrogen and oxygen atoms in total. The molecule has 1 amide bonds. The van der Waals surface area contributed by atoms with Gasteiger partial charge in [0, 0.05) is 39.3 Å². The fourth-order valence-corrected chi connectivity index (χ4v) is 3.14. The van der Waals surface area contributed by atoms with E-state index in [9.17, 15) is 4.79 Å². The monoisotopic (exact) mass is 369 g/mol. The molecule has 0 spiro atoms. The largest absolute Gasteiger partial charge is 0.365 e. The minimum absolute atomic E-state index is 0.0903. The number of carbonyl (C=O) groups excluding carboxylic acids is 1. The molecule has 0 aliphatic heterocycles. The molecule has 0 saturated heterocycles. The summed E-state index contributed by atoms with van der Waals surface area (Å²) in [5, 5.41) is 11.2. The minimum Gasteiger partial charge on any atom is -0.365 e. The van der Waals surface area contributed by atoms with E-state index in [1.54, 1.807) is 12.1 Å². The van der Waals surface area contributed by atoms with Crippen molar-refractivity contribution in [2.45, 2.75) is 6.54 Å². The maximum atomic E-state index is 11.3. The molecular formula is C19H13Cl2N3O. The first-order valence-electron chi connectivity index (χ1n) is 7.43. The zero-order valence-electron chi connectivity index (χ0n) is 13.0. The highest BCUT2D eigenvalue weighted by atomic mass is 35.5. The van der Waals surface area contributed by atoms with Crippen molar-refractivity contribution in [3.8, 4) is 6.07 Å². The maximum absolute atomic E-state index is 11.3. The van der Waals surface area contributed by atoms with Gasteiger partial charge >= 0.3 is 0 Å². The van der Waals surface area contributed by atoms with Crippen LogP contribution in [-0.2, 0) is 11.3 Å². The number of rotatable bonds is 4. The number of nitriles is 1. The summed E-state index contributed by atoms with van der Waals surface area (Å²) in [5.74, 6) is -0.750. The van der Waals surface area contributed by atoms with Crippen LogP contribution >= 0.6 is 23.2 Å². The molecule has 0 radical (unpaired) electrons. The third-order valence-electron chi connectivity index (χ3n) is 3.86. The summed E-state index contributed by atoms with van der Waals surface area (Å²) in [6, 6.07) is 14.9. The Morgan fingerprint density at radius 2 is 2.00 bits per heavy atom. The molecule has 3 rings (SSSR count). The van der Waals surface area contributed by atoms with E-state index in [0.717, 1.165) is 22.0 Å². The first-order chi connectivity index (χ1) is 12.0. The number of benzene rings is 2. The number of halogens is 2. The molecule has 6 heteroatoms. The number of hydrogen-bond acceptors (Lipinski definition) is 2. The van der Waals surface area contributed by atoms with E-state index in [1.807, 2.05) is 47.2 Å². The number of nitrogens with two attached hydrogens (primary N) is 1. The van der Waals surface area contributed by atoms with Crippen LogP contribution < -0.4 is 5.73 Å².